The van der Waals surface area contributed by atoms with Crippen LogP contribution in [0.1, 0.15) is 63.5 Å². The first-order valence-electron chi connectivity index (χ1n) is 7.94. The molecule has 0 spiro atoms. The lowest BCUT2D eigenvalue weighted by Gasteiger charge is -2.14. The Hall–Kier alpha value is -1.16. The molecule has 0 fully saturated rings. The number of hydrogen-bond donors (Lipinski definition) is 2. The number of aromatic amines is 1. The van der Waals surface area contributed by atoms with E-state index in [1.807, 2.05) is 14.0 Å². The fourth-order valence-electron chi connectivity index (χ4n) is 2.49. The summed E-state index contributed by atoms with van der Waals surface area (Å²) in [4.78, 5) is 19.8. The molecule has 0 radical (unpaired) electrons. The van der Waals surface area contributed by atoms with Crippen molar-refractivity contribution in [3.05, 3.63) is 27.4 Å². The number of rotatable bonds is 9. The fourth-order valence-corrected chi connectivity index (χ4v) is 2.49. The van der Waals surface area contributed by atoms with Crippen LogP contribution in [0.15, 0.2) is 4.79 Å². The minimum absolute atomic E-state index is 0.0566. The van der Waals surface area contributed by atoms with Crippen molar-refractivity contribution in [2.24, 2.45) is 0 Å². The predicted octanol–water partition coefficient (Wildman–Crippen LogP) is 2.61. The van der Waals surface area contributed by atoms with E-state index in [4.69, 9.17) is 4.98 Å². The average molecular weight is 279 g/mol. The van der Waals surface area contributed by atoms with Crippen LogP contribution in [0.4, 0.5) is 0 Å². The van der Waals surface area contributed by atoms with Crippen LogP contribution in [0.25, 0.3) is 0 Å². The highest BCUT2D eigenvalue weighted by Crippen LogP contribution is 2.09. The highest BCUT2D eigenvalue weighted by atomic mass is 16.1. The van der Waals surface area contributed by atoms with Gasteiger partial charge in [-0.1, -0.05) is 27.2 Å². The summed E-state index contributed by atoms with van der Waals surface area (Å²) < 4.78 is 0. The fraction of sp³-hybridized carbons (Fsp3) is 0.750. The second-order valence-corrected chi connectivity index (χ2v) is 5.33. The van der Waals surface area contributed by atoms with Crippen LogP contribution in [0.3, 0.4) is 0 Å². The van der Waals surface area contributed by atoms with Gasteiger partial charge in [0.05, 0.1) is 5.69 Å². The molecule has 2 N–H and O–H groups in total. The van der Waals surface area contributed by atoms with Gasteiger partial charge in [0.15, 0.2) is 0 Å². The molecule has 0 saturated heterocycles. The summed E-state index contributed by atoms with van der Waals surface area (Å²) in [6, 6.07) is 0.491. The van der Waals surface area contributed by atoms with Crippen LogP contribution in [-0.4, -0.2) is 23.1 Å². The van der Waals surface area contributed by atoms with Gasteiger partial charge in [0, 0.05) is 18.0 Å². The molecule has 0 aliphatic rings. The molecular formula is C16H29N3O. The largest absolute Gasteiger partial charge is 0.317 e. The van der Waals surface area contributed by atoms with E-state index in [1.165, 1.54) is 0 Å². The SMILES string of the molecule is CCCCc1nc(CCC(CC)NC)[nH]c(=O)c1CC. The van der Waals surface area contributed by atoms with Gasteiger partial charge >= 0.3 is 0 Å². The van der Waals surface area contributed by atoms with Gasteiger partial charge in [0.25, 0.3) is 5.56 Å². The van der Waals surface area contributed by atoms with E-state index < -0.39 is 0 Å². The Balaban J connectivity index is 2.87. The van der Waals surface area contributed by atoms with E-state index >= 15 is 0 Å². The number of nitrogens with one attached hydrogen (secondary N) is 2. The quantitative estimate of drug-likeness (QED) is 0.730. The molecule has 1 aromatic rings. The van der Waals surface area contributed by atoms with E-state index in [9.17, 15) is 4.79 Å². The molecule has 1 aromatic heterocycles. The summed E-state index contributed by atoms with van der Waals surface area (Å²) in [7, 11) is 1.98. The first-order valence-corrected chi connectivity index (χ1v) is 7.94. The maximum Gasteiger partial charge on any atom is 0.254 e. The maximum atomic E-state index is 12.1. The number of aromatic nitrogens is 2. The first kappa shape index (κ1) is 16.9. The number of H-pyrrole nitrogens is 1. The van der Waals surface area contributed by atoms with Gasteiger partial charge < -0.3 is 10.3 Å². The van der Waals surface area contributed by atoms with Crippen LogP contribution in [0, 0.1) is 0 Å². The van der Waals surface area contributed by atoms with Crippen LogP contribution >= 0.6 is 0 Å². The lowest BCUT2D eigenvalue weighted by molar-refractivity contribution is 0.501. The van der Waals surface area contributed by atoms with Crippen molar-refractivity contribution in [3.63, 3.8) is 0 Å². The molecule has 0 aliphatic heterocycles. The van der Waals surface area contributed by atoms with E-state index in [1.54, 1.807) is 0 Å². The Bertz CT molecular complexity index is 450. The normalized spacial score (nSPS) is 12.6. The van der Waals surface area contributed by atoms with Crippen LogP contribution < -0.4 is 10.9 Å². The Morgan fingerprint density at radius 3 is 2.55 bits per heavy atom. The number of aryl methyl sites for hydroxylation is 2. The lowest BCUT2D eigenvalue weighted by atomic mass is 10.1. The van der Waals surface area contributed by atoms with Gasteiger partial charge in [-0.05, 0) is 39.2 Å². The van der Waals surface area contributed by atoms with Crippen molar-refractivity contribution in [2.75, 3.05) is 7.05 Å². The zero-order valence-corrected chi connectivity index (χ0v) is 13.4. The molecule has 4 heteroatoms. The van der Waals surface area contributed by atoms with Gasteiger partial charge in [-0.3, -0.25) is 4.79 Å². The van der Waals surface area contributed by atoms with Crippen molar-refractivity contribution in [1.29, 1.82) is 0 Å². The Morgan fingerprint density at radius 2 is 2.00 bits per heavy atom. The molecule has 20 heavy (non-hydrogen) atoms. The molecule has 1 heterocycles. The van der Waals surface area contributed by atoms with E-state index in [2.05, 4.69) is 24.1 Å². The van der Waals surface area contributed by atoms with Crippen molar-refractivity contribution < 1.29 is 0 Å². The smallest absolute Gasteiger partial charge is 0.254 e. The van der Waals surface area contributed by atoms with Gasteiger partial charge in [0.2, 0.25) is 0 Å². The molecule has 0 bridgehead atoms. The second kappa shape index (κ2) is 8.90. The van der Waals surface area contributed by atoms with Gasteiger partial charge in [0.1, 0.15) is 5.82 Å². The highest BCUT2D eigenvalue weighted by molar-refractivity contribution is 5.18. The highest BCUT2D eigenvalue weighted by Gasteiger charge is 2.11. The monoisotopic (exact) mass is 279 g/mol. The molecule has 4 nitrogen and oxygen atoms in total. The molecule has 1 rings (SSSR count). The van der Waals surface area contributed by atoms with Crippen molar-refractivity contribution in [1.82, 2.24) is 15.3 Å². The third kappa shape index (κ3) is 4.75. The third-order valence-electron chi connectivity index (χ3n) is 3.90. The minimum atomic E-state index is 0.0566. The molecular weight excluding hydrogens is 250 g/mol. The number of hydrogen-bond acceptors (Lipinski definition) is 3. The zero-order valence-electron chi connectivity index (χ0n) is 13.4. The predicted molar refractivity (Wildman–Crippen MR) is 84.3 cm³/mol. The van der Waals surface area contributed by atoms with Crippen LogP contribution in [0.5, 0.6) is 0 Å². The molecule has 1 atom stereocenters. The summed E-state index contributed by atoms with van der Waals surface area (Å²) in [5.74, 6) is 0.840. The van der Waals surface area contributed by atoms with Gasteiger partial charge in [-0.2, -0.15) is 0 Å². The van der Waals surface area contributed by atoms with Crippen molar-refractivity contribution in [2.45, 2.75) is 71.8 Å². The average Bonchev–Trinajstić information content (AvgIpc) is 2.45. The topological polar surface area (TPSA) is 57.8 Å². The summed E-state index contributed by atoms with van der Waals surface area (Å²) >= 11 is 0. The molecule has 0 aliphatic carbocycles. The second-order valence-electron chi connectivity index (χ2n) is 5.33. The lowest BCUT2D eigenvalue weighted by Crippen LogP contribution is -2.26. The Labute approximate surface area is 122 Å². The van der Waals surface area contributed by atoms with E-state index in [-0.39, 0.29) is 5.56 Å². The van der Waals surface area contributed by atoms with Crippen LogP contribution in [-0.2, 0) is 19.3 Å². The first-order chi connectivity index (χ1) is 9.65. The number of nitrogens with zero attached hydrogens (tertiary/aromatic N) is 1. The van der Waals surface area contributed by atoms with Crippen LogP contribution in [0.2, 0.25) is 0 Å². The minimum Gasteiger partial charge on any atom is -0.317 e. The molecule has 1 unspecified atom stereocenters. The van der Waals surface area contributed by atoms with Crippen molar-refractivity contribution in [3.8, 4) is 0 Å². The van der Waals surface area contributed by atoms with E-state index in [0.29, 0.717) is 6.04 Å². The molecule has 0 saturated carbocycles. The van der Waals surface area contributed by atoms with Gasteiger partial charge in [-0.15, -0.1) is 0 Å². The standard InChI is InChI=1S/C16H29N3O/c1-5-8-9-14-13(7-3)16(20)19-15(18-14)11-10-12(6-2)17-4/h12,17H,5-11H2,1-4H3,(H,18,19,20). The van der Waals surface area contributed by atoms with Gasteiger partial charge in [-0.25, -0.2) is 4.98 Å². The summed E-state index contributed by atoms with van der Waals surface area (Å²) in [5.41, 5.74) is 1.93. The Morgan fingerprint density at radius 1 is 1.25 bits per heavy atom. The third-order valence-corrected chi connectivity index (χ3v) is 3.90. The zero-order chi connectivity index (χ0) is 15.0. The molecule has 114 valence electrons. The maximum absolute atomic E-state index is 12.1. The molecule has 0 amide bonds. The summed E-state index contributed by atoms with van der Waals surface area (Å²) in [5, 5.41) is 3.29. The summed E-state index contributed by atoms with van der Waals surface area (Å²) in [6.07, 6.45) is 6.83. The van der Waals surface area contributed by atoms with E-state index in [0.717, 1.165) is 62.0 Å². The Kier molecular flexibility index (Phi) is 7.52. The number of unbranched alkanes of at least 4 members (excludes halogenated alkanes) is 1. The molecule has 0 aromatic carbocycles. The van der Waals surface area contributed by atoms with Crippen molar-refractivity contribution >= 4 is 0 Å². The summed E-state index contributed by atoms with van der Waals surface area (Å²) in [6.45, 7) is 6.36.